The molecule has 0 amide bonds. The van der Waals surface area contributed by atoms with E-state index in [0.29, 0.717) is 13.0 Å². The van der Waals surface area contributed by atoms with Crippen LogP contribution in [0.4, 0.5) is 0 Å². The molecule has 2 aliphatic rings. The van der Waals surface area contributed by atoms with E-state index in [2.05, 4.69) is 30.4 Å². The third kappa shape index (κ3) is 2.98. The van der Waals surface area contributed by atoms with Gasteiger partial charge in [0.15, 0.2) is 0 Å². The number of carbonyl (C=O) groups excluding carboxylic acids is 1. The Bertz CT molecular complexity index is 740. The van der Waals surface area contributed by atoms with E-state index in [1.165, 1.54) is 10.8 Å². The number of ether oxygens (including phenoxy) is 2. The van der Waals surface area contributed by atoms with Gasteiger partial charge in [0.1, 0.15) is 11.9 Å². The molecule has 1 heterocycles. The summed E-state index contributed by atoms with van der Waals surface area (Å²) in [6, 6.07) is 8.30. The maximum Gasteiger partial charge on any atom is 0.305 e. The summed E-state index contributed by atoms with van der Waals surface area (Å²) in [6.45, 7) is 2.26. The molecule has 0 fully saturated rings. The fourth-order valence-electron chi connectivity index (χ4n) is 2.88. The Balaban J connectivity index is 1.86. The summed E-state index contributed by atoms with van der Waals surface area (Å²) in [6.07, 6.45) is 10.1. The molecule has 0 spiro atoms. The third-order valence-corrected chi connectivity index (χ3v) is 3.88. The average Bonchev–Trinajstić information content (AvgIpc) is 2.55. The Morgan fingerprint density at radius 2 is 2.05 bits per heavy atom. The maximum absolute atomic E-state index is 11.5. The Hall–Kier alpha value is -2.29. The van der Waals surface area contributed by atoms with Gasteiger partial charge in [0.2, 0.25) is 0 Å². The predicted octanol–water partition coefficient (Wildman–Crippen LogP) is 2.20. The molecule has 3 rings (SSSR count). The van der Waals surface area contributed by atoms with Gasteiger partial charge in [0.25, 0.3) is 0 Å². The van der Waals surface area contributed by atoms with E-state index in [9.17, 15) is 4.79 Å². The second-order valence-electron chi connectivity index (χ2n) is 5.37. The van der Waals surface area contributed by atoms with E-state index >= 15 is 0 Å². The molecule has 0 aromatic heterocycles. The number of allylic oxidation sites excluding steroid dienone is 2. The van der Waals surface area contributed by atoms with Crippen LogP contribution in [0.2, 0.25) is 0 Å². The first-order valence-corrected chi connectivity index (χ1v) is 7.79. The van der Waals surface area contributed by atoms with Crippen LogP contribution in [-0.2, 0) is 14.3 Å². The first kappa shape index (κ1) is 14.6. The first-order chi connectivity index (χ1) is 10.8. The molecular weight excluding hydrogens is 276 g/mol. The zero-order valence-electron chi connectivity index (χ0n) is 12.7. The van der Waals surface area contributed by atoms with Crippen molar-refractivity contribution in [1.29, 1.82) is 0 Å². The molecule has 0 bridgehead atoms. The van der Waals surface area contributed by atoms with Crippen LogP contribution in [-0.4, -0.2) is 18.7 Å². The molecule has 1 aromatic carbocycles. The van der Waals surface area contributed by atoms with E-state index in [0.717, 1.165) is 23.8 Å². The summed E-state index contributed by atoms with van der Waals surface area (Å²) in [4.78, 5) is 11.5. The van der Waals surface area contributed by atoms with Crippen LogP contribution in [0.3, 0.4) is 0 Å². The lowest BCUT2D eigenvalue weighted by atomic mass is 9.97. The molecule has 114 valence electrons. The highest BCUT2D eigenvalue weighted by atomic mass is 16.5. The van der Waals surface area contributed by atoms with Gasteiger partial charge in [0, 0.05) is 23.6 Å². The summed E-state index contributed by atoms with van der Waals surface area (Å²) < 4.78 is 11.1. The summed E-state index contributed by atoms with van der Waals surface area (Å²) >= 11 is 0. The Morgan fingerprint density at radius 1 is 1.23 bits per heavy atom. The maximum atomic E-state index is 11.5. The summed E-state index contributed by atoms with van der Waals surface area (Å²) in [5, 5.41) is 2.36. The number of hydrogen-bond donors (Lipinski definition) is 0. The van der Waals surface area contributed by atoms with Gasteiger partial charge in [-0.1, -0.05) is 42.5 Å². The van der Waals surface area contributed by atoms with Crippen LogP contribution in [0.25, 0.3) is 11.3 Å². The average molecular weight is 296 g/mol. The molecule has 3 nitrogen and oxygen atoms in total. The largest absolute Gasteiger partial charge is 0.485 e. The molecule has 0 radical (unpaired) electrons. The van der Waals surface area contributed by atoms with Crippen LogP contribution < -0.4 is 10.4 Å². The normalized spacial score (nSPS) is 18.5. The topological polar surface area (TPSA) is 35.5 Å². The quantitative estimate of drug-likeness (QED) is 0.782. The van der Waals surface area contributed by atoms with Crippen LogP contribution >= 0.6 is 0 Å². The highest BCUT2D eigenvalue weighted by Crippen LogP contribution is 2.23. The van der Waals surface area contributed by atoms with Gasteiger partial charge in [-0.05, 0) is 24.6 Å². The zero-order chi connectivity index (χ0) is 15.4. The number of esters is 1. The van der Waals surface area contributed by atoms with Crippen molar-refractivity contribution in [3.8, 4) is 0 Å². The monoisotopic (exact) mass is 296 g/mol. The van der Waals surface area contributed by atoms with Gasteiger partial charge in [-0.3, -0.25) is 4.79 Å². The van der Waals surface area contributed by atoms with Gasteiger partial charge >= 0.3 is 5.97 Å². The third-order valence-electron chi connectivity index (χ3n) is 3.88. The standard InChI is InChI=1S/C19H20O3/c1-2-21-19(20)13-7-12-18-16-9-4-3-8-14(16)15-10-5-6-11-17(15)22-18/h3-6,8-11,17H,2,7,12-13H2,1H3. The van der Waals surface area contributed by atoms with Crippen molar-refractivity contribution >= 4 is 17.3 Å². The minimum atomic E-state index is -0.139. The lowest BCUT2D eigenvalue weighted by molar-refractivity contribution is -0.143. The van der Waals surface area contributed by atoms with E-state index in [4.69, 9.17) is 9.47 Å². The Kier molecular flexibility index (Phi) is 4.42. The van der Waals surface area contributed by atoms with Crippen LogP contribution in [0.5, 0.6) is 0 Å². The molecule has 3 heteroatoms. The van der Waals surface area contributed by atoms with Crippen molar-refractivity contribution in [2.45, 2.75) is 32.3 Å². The van der Waals surface area contributed by atoms with E-state index in [1.807, 2.05) is 25.1 Å². The minimum Gasteiger partial charge on any atom is -0.485 e. The number of benzene rings is 1. The van der Waals surface area contributed by atoms with Crippen molar-refractivity contribution in [3.05, 3.63) is 59.0 Å². The molecule has 0 N–H and O–H groups in total. The van der Waals surface area contributed by atoms with Gasteiger partial charge in [-0.2, -0.15) is 0 Å². The van der Waals surface area contributed by atoms with E-state index < -0.39 is 0 Å². The van der Waals surface area contributed by atoms with Crippen molar-refractivity contribution in [2.75, 3.05) is 6.61 Å². The van der Waals surface area contributed by atoms with Gasteiger partial charge in [-0.25, -0.2) is 0 Å². The van der Waals surface area contributed by atoms with Crippen LogP contribution in [0.15, 0.2) is 48.6 Å². The van der Waals surface area contributed by atoms with Gasteiger partial charge in [-0.15, -0.1) is 0 Å². The summed E-state index contributed by atoms with van der Waals surface area (Å²) in [5.74, 6) is 0.827. The van der Waals surface area contributed by atoms with Crippen molar-refractivity contribution < 1.29 is 14.3 Å². The fraction of sp³-hybridized carbons (Fsp3) is 0.316. The second kappa shape index (κ2) is 6.65. The Labute approximate surface area is 130 Å². The molecular formula is C19H20O3. The molecule has 1 aliphatic carbocycles. The van der Waals surface area contributed by atoms with E-state index in [-0.39, 0.29) is 12.1 Å². The molecule has 1 aromatic rings. The highest BCUT2D eigenvalue weighted by molar-refractivity contribution is 5.70. The minimum absolute atomic E-state index is 0.0162. The molecule has 1 aliphatic heterocycles. The van der Waals surface area contributed by atoms with Crippen molar-refractivity contribution in [3.63, 3.8) is 0 Å². The first-order valence-electron chi connectivity index (χ1n) is 7.79. The SMILES string of the molecule is CCOC(=O)CCCC1=c2ccccc2=C2C=CC=CC2O1. The predicted molar refractivity (Wildman–Crippen MR) is 86.1 cm³/mol. The smallest absolute Gasteiger partial charge is 0.305 e. The van der Waals surface area contributed by atoms with Gasteiger partial charge in [0.05, 0.1) is 6.61 Å². The van der Waals surface area contributed by atoms with Crippen molar-refractivity contribution in [2.24, 2.45) is 0 Å². The van der Waals surface area contributed by atoms with Crippen LogP contribution in [0, 0.1) is 0 Å². The molecule has 1 atom stereocenters. The van der Waals surface area contributed by atoms with E-state index in [1.54, 1.807) is 0 Å². The number of hydrogen-bond acceptors (Lipinski definition) is 3. The fourth-order valence-corrected chi connectivity index (χ4v) is 2.88. The Morgan fingerprint density at radius 3 is 2.86 bits per heavy atom. The highest BCUT2D eigenvalue weighted by Gasteiger charge is 2.20. The van der Waals surface area contributed by atoms with Gasteiger partial charge < -0.3 is 9.47 Å². The molecule has 0 saturated heterocycles. The second-order valence-corrected chi connectivity index (χ2v) is 5.37. The van der Waals surface area contributed by atoms with Crippen molar-refractivity contribution in [1.82, 2.24) is 0 Å². The molecule has 1 unspecified atom stereocenters. The molecule has 22 heavy (non-hydrogen) atoms. The number of carbonyl (C=O) groups is 1. The lowest BCUT2D eigenvalue weighted by Gasteiger charge is -2.25. The summed E-state index contributed by atoms with van der Waals surface area (Å²) in [7, 11) is 0. The molecule has 0 saturated carbocycles. The number of rotatable bonds is 5. The number of fused-ring (bicyclic) bond motifs is 2. The van der Waals surface area contributed by atoms with Crippen LogP contribution in [0.1, 0.15) is 26.2 Å². The lowest BCUT2D eigenvalue weighted by Crippen LogP contribution is -2.38. The summed E-state index contributed by atoms with van der Waals surface area (Å²) in [5.41, 5.74) is 1.20. The zero-order valence-corrected chi connectivity index (χ0v) is 12.7.